The summed E-state index contributed by atoms with van der Waals surface area (Å²) in [5.41, 5.74) is 0.622. The largest absolute Gasteiger partial charge is 0.505 e. The van der Waals surface area contributed by atoms with Gasteiger partial charge in [-0.2, -0.15) is 0 Å². The van der Waals surface area contributed by atoms with E-state index in [1.807, 2.05) is 0 Å². The second-order valence-electron chi connectivity index (χ2n) is 3.91. The van der Waals surface area contributed by atoms with Crippen LogP contribution in [0.4, 0.5) is 0 Å². The number of amides is 1. The average Bonchev–Trinajstić information content (AvgIpc) is 2.64. The third-order valence-corrected chi connectivity index (χ3v) is 4.48. The molecule has 3 nitrogen and oxygen atoms in total. The van der Waals surface area contributed by atoms with Gasteiger partial charge in [0.25, 0.3) is 5.91 Å². The molecule has 1 aliphatic rings. The van der Waals surface area contributed by atoms with Crippen LogP contribution in [-0.4, -0.2) is 26.8 Å². The zero-order valence-corrected chi connectivity index (χ0v) is 13.2. The number of hydrogen-bond donors (Lipinski definition) is 1. The zero-order valence-electron chi connectivity index (χ0n) is 10.1. The monoisotopic (exact) mass is 345 g/mol. The minimum atomic E-state index is -0.180. The molecule has 0 aliphatic carbocycles. The van der Waals surface area contributed by atoms with Crippen LogP contribution >= 0.6 is 47.2 Å². The molecule has 0 unspecified atom stereocenters. The molecular formula is C13H9Cl2NO2S2. The third kappa shape index (κ3) is 3.01. The Kier molecular flexibility index (Phi) is 4.75. The average molecular weight is 346 g/mol. The summed E-state index contributed by atoms with van der Waals surface area (Å²) in [6, 6.07) is 3.06. The summed E-state index contributed by atoms with van der Waals surface area (Å²) in [4.78, 5) is 14.1. The van der Waals surface area contributed by atoms with E-state index in [1.165, 1.54) is 28.8 Å². The zero-order chi connectivity index (χ0) is 14.9. The Morgan fingerprint density at radius 2 is 2.00 bits per heavy atom. The number of halogens is 2. The van der Waals surface area contributed by atoms with Crippen LogP contribution in [0.5, 0.6) is 5.75 Å². The fourth-order valence-corrected chi connectivity index (χ4v) is 3.39. The van der Waals surface area contributed by atoms with E-state index in [9.17, 15) is 9.90 Å². The van der Waals surface area contributed by atoms with E-state index < -0.39 is 0 Å². The number of thiocarbonyl (C=S) groups is 1. The molecule has 1 N–H and O–H groups in total. The van der Waals surface area contributed by atoms with Crippen molar-refractivity contribution in [3.63, 3.8) is 0 Å². The van der Waals surface area contributed by atoms with Gasteiger partial charge in [0.2, 0.25) is 0 Å². The second kappa shape index (κ2) is 6.18. The number of thioether (sulfide) groups is 1. The highest BCUT2D eigenvalue weighted by Crippen LogP contribution is 2.36. The van der Waals surface area contributed by atoms with Crippen LogP contribution in [-0.2, 0) is 4.79 Å². The van der Waals surface area contributed by atoms with Gasteiger partial charge in [-0.05, 0) is 23.8 Å². The number of carbonyl (C=O) groups is 1. The number of carbonyl (C=O) groups excluding carboxylic acids is 1. The first-order chi connectivity index (χ1) is 9.43. The molecule has 0 aromatic heterocycles. The van der Waals surface area contributed by atoms with Crippen LogP contribution in [0.15, 0.2) is 29.7 Å². The van der Waals surface area contributed by atoms with E-state index >= 15 is 0 Å². The Bertz CT molecular complexity index is 620. The molecule has 7 heteroatoms. The lowest BCUT2D eigenvalue weighted by atomic mass is 10.2. The fourth-order valence-electron chi connectivity index (χ4n) is 1.61. The van der Waals surface area contributed by atoms with E-state index in [2.05, 4.69) is 6.58 Å². The predicted molar refractivity (Wildman–Crippen MR) is 88.2 cm³/mol. The molecule has 1 fully saturated rings. The van der Waals surface area contributed by atoms with Gasteiger partial charge in [-0.25, -0.2) is 0 Å². The second-order valence-corrected chi connectivity index (χ2v) is 6.40. The summed E-state index contributed by atoms with van der Waals surface area (Å²) < 4.78 is 0.483. The number of phenols is 1. The molecule has 1 heterocycles. The molecule has 0 spiro atoms. The first-order valence-corrected chi connectivity index (χ1v) is 7.46. The van der Waals surface area contributed by atoms with Gasteiger partial charge in [0, 0.05) is 6.54 Å². The molecule has 1 amide bonds. The summed E-state index contributed by atoms with van der Waals surface area (Å²) in [6.07, 6.45) is 3.25. The SMILES string of the molecule is C=CCN1C(=O)/C(=C\c2cc(Cl)c(O)c(Cl)c2)SC1=S. The van der Waals surface area contributed by atoms with Crippen LogP contribution in [0.1, 0.15) is 5.56 Å². The molecular weight excluding hydrogens is 337 g/mol. The summed E-state index contributed by atoms with van der Waals surface area (Å²) in [7, 11) is 0. The molecule has 104 valence electrons. The van der Waals surface area contributed by atoms with Gasteiger partial charge in [0.1, 0.15) is 4.32 Å². The van der Waals surface area contributed by atoms with Gasteiger partial charge >= 0.3 is 0 Å². The van der Waals surface area contributed by atoms with Crippen molar-refractivity contribution in [1.29, 1.82) is 0 Å². The minimum Gasteiger partial charge on any atom is -0.505 e. The normalized spacial score (nSPS) is 17.1. The van der Waals surface area contributed by atoms with Crippen LogP contribution in [0.25, 0.3) is 6.08 Å². The molecule has 0 radical (unpaired) electrons. The molecule has 0 atom stereocenters. The maximum atomic E-state index is 12.1. The van der Waals surface area contributed by atoms with E-state index in [4.69, 9.17) is 35.4 Å². The molecule has 1 aliphatic heterocycles. The summed E-state index contributed by atoms with van der Waals surface area (Å²) >= 11 is 18.0. The van der Waals surface area contributed by atoms with Gasteiger partial charge in [-0.3, -0.25) is 9.69 Å². The standard InChI is InChI=1S/C13H9Cl2NO2S2/c1-2-3-16-12(18)10(20-13(16)19)6-7-4-8(14)11(17)9(15)5-7/h2,4-6,17H,1,3H2/b10-6+. The third-order valence-electron chi connectivity index (χ3n) is 2.52. The van der Waals surface area contributed by atoms with E-state index in [1.54, 1.807) is 12.2 Å². The first-order valence-electron chi connectivity index (χ1n) is 5.48. The molecule has 1 aromatic rings. The van der Waals surface area contributed by atoms with Crippen LogP contribution in [0, 0.1) is 0 Å². The number of rotatable bonds is 3. The molecule has 1 saturated heterocycles. The lowest BCUT2D eigenvalue weighted by Gasteiger charge is -2.10. The number of phenolic OH excluding ortho intramolecular Hbond substituents is 1. The first kappa shape index (κ1) is 15.4. The Labute approximate surface area is 135 Å². The quantitative estimate of drug-likeness (QED) is 0.509. The lowest BCUT2D eigenvalue weighted by Crippen LogP contribution is -2.27. The summed E-state index contributed by atoms with van der Waals surface area (Å²) in [5, 5.41) is 9.76. The van der Waals surface area contributed by atoms with Crippen molar-refractivity contribution in [3.05, 3.63) is 45.3 Å². The van der Waals surface area contributed by atoms with Crippen molar-refractivity contribution >= 4 is 63.5 Å². The lowest BCUT2D eigenvalue weighted by molar-refractivity contribution is -0.121. The van der Waals surface area contributed by atoms with Crippen molar-refractivity contribution < 1.29 is 9.90 Å². The molecule has 1 aromatic carbocycles. The van der Waals surface area contributed by atoms with Crippen molar-refractivity contribution in [2.75, 3.05) is 6.54 Å². The summed E-state index contributed by atoms with van der Waals surface area (Å²) in [6.45, 7) is 3.96. The summed E-state index contributed by atoms with van der Waals surface area (Å²) in [5.74, 6) is -0.357. The number of nitrogens with zero attached hydrogens (tertiary/aromatic N) is 1. The molecule has 20 heavy (non-hydrogen) atoms. The maximum absolute atomic E-state index is 12.1. The van der Waals surface area contributed by atoms with Crippen LogP contribution < -0.4 is 0 Å². The van der Waals surface area contributed by atoms with Crippen LogP contribution in [0.2, 0.25) is 10.0 Å². The highest BCUT2D eigenvalue weighted by atomic mass is 35.5. The van der Waals surface area contributed by atoms with E-state index in [0.717, 1.165) is 0 Å². The van der Waals surface area contributed by atoms with E-state index in [0.29, 0.717) is 21.3 Å². The molecule has 2 rings (SSSR count). The van der Waals surface area contributed by atoms with Gasteiger partial charge in [0.15, 0.2) is 5.75 Å². The number of aromatic hydroxyl groups is 1. The smallest absolute Gasteiger partial charge is 0.266 e. The number of benzene rings is 1. The molecule has 0 bridgehead atoms. The van der Waals surface area contributed by atoms with Crippen molar-refractivity contribution in [2.24, 2.45) is 0 Å². The Balaban J connectivity index is 2.35. The van der Waals surface area contributed by atoms with Gasteiger partial charge in [0.05, 0.1) is 15.0 Å². The van der Waals surface area contributed by atoms with Gasteiger partial charge in [-0.1, -0.05) is 53.3 Å². The Morgan fingerprint density at radius 3 is 2.55 bits per heavy atom. The van der Waals surface area contributed by atoms with Crippen molar-refractivity contribution in [1.82, 2.24) is 4.90 Å². The van der Waals surface area contributed by atoms with Crippen molar-refractivity contribution in [2.45, 2.75) is 0 Å². The minimum absolute atomic E-state index is 0.130. The van der Waals surface area contributed by atoms with Gasteiger partial charge in [-0.15, -0.1) is 6.58 Å². The van der Waals surface area contributed by atoms with Crippen LogP contribution in [0.3, 0.4) is 0 Å². The van der Waals surface area contributed by atoms with Gasteiger partial charge < -0.3 is 5.11 Å². The topological polar surface area (TPSA) is 40.5 Å². The Hall–Kier alpha value is -1.01. The van der Waals surface area contributed by atoms with Crippen molar-refractivity contribution in [3.8, 4) is 5.75 Å². The van der Waals surface area contributed by atoms with E-state index in [-0.39, 0.29) is 21.7 Å². The maximum Gasteiger partial charge on any atom is 0.266 e. The predicted octanol–water partition coefficient (Wildman–Crippen LogP) is 4.09. The fraction of sp³-hybridized carbons (Fsp3) is 0.0769. The molecule has 0 saturated carbocycles. The Morgan fingerprint density at radius 1 is 1.40 bits per heavy atom. The number of hydrogen-bond acceptors (Lipinski definition) is 4. The highest BCUT2D eigenvalue weighted by molar-refractivity contribution is 8.26. The highest BCUT2D eigenvalue weighted by Gasteiger charge is 2.30.